The van der Waals surface area contributed by atoms with E-state index in [1.807, 2.05) is 29.1 Å². The first-order valence-corrected chi connectivity index (χ1v) is 9.92. The summed E-state index contributed by atoms with van der Waals surface area (Å²) in [6, 6.07) is 8.84. The van der Waals surface area contributed by atoms with Crippen molar-refractivity contribution in [3.05, 3.63) is 54.4 Å². The van der Waals surface area contributed by atoms with E-state index >= 15 is 0 Å². The average molecular weight is 421 g/mol. The number of nitrogens with zero attached hydrogens (tertiary/aromatic N) is 4. The molecule has 29 heavy (non-hydrogen) atoms. The van der Waals surface area contributed by atoms with Crippen molar-refractivity contribution in [1.29, 1.82) is 0 Å². The fourth-order valence-electron chi connectivity index (χ4n) is 3.31. The molecular formula is C19H18F3N5OS. The molecule has 0 radical (unpaired) electrons. The number of piperidine rings is 1. The van der Waals surface area contributed by atoms with Crippen molar-refractivity contribution in [2.45, 2.75) is 19.0 Å². The first-order chi connectivity index (χ1) is 13.9. The van der Waals surface area contributed by atoms with Crippen LogP contribution in [-0.2, 0) is 11.0 Å². The number of benzene rings is 1. The van der Waals surface area contributed by atoms with E-state index in [0.717, 1.165) is 16.3 Å². The predicted molar refractivity (Wildman–Crippen MR) is 104 cm³/mol. The van der Waals surface area contributed by atoms with Gasteiger partial charge >= 0.3 is 6.18 Å². The van der Waals surface area contributed by atoms with E-state index in [4.69, 9.17) is 0 Å². The maximum Gasteiger partial charge on any atom is 0.418 e. The Morgan fingerprint density at radius 1 is 1.03 bits per heavy atom. The van der Waals surface area contributed by atoms with E-state index in [0.29, 0.717) is 25.9 Å². The van der Waals surface area contributed by atoms with Gasteiger partial charge in [0.25, 0.3) is 0 Å². The van der Waals surface area contributed by atoms with E-state index < -0.39 is 11.7 Å². The number of amides is 1. The second-order valence-electron chi connectivity index (χ2n) is 6.75. The highest BCUT2D eigenvalue weighted by atomic mass is 32.1. The Morgan fingerprint density at radius 2 is 1.69 bits per heavy atom. The Labute approximate surface area is 169 Å². The lowest BCUT2D eigenvalue weighted by Crippen LogP contribution is -2.38. The maximum absolute atomic E-state index is 13.1. The maximum atomic E-state index is 13.1. The van der Waals surface area contributed by atoms with E-state index in [9.17, 15) is 18.0 Å². The molecule has 0 saturated carbocycles. The Hall–Kier alpha value is -2.88. The fourth-order valence-corrected chi connectivity index (χ4v) is 4.17. The molecule has 0 spiro atoms. The van der Waals surface area contributed by atoms with Gasteiger partial charge in [0.05, 0.1) is 11.3 Å². The van der Waals surface area contributed by atoms with Gasteiger partial charge in [-0.2, -0.15) is 13.2 Å². The molecule has 0 unspecified atom stereocenters. The molecule has 2 aromatic heterocycles. The SMILES string of the molecule is O=C(Nc1ccccc1C(F)(F)F)C1CCN(c2nnc(-n3cccc3)s2)CC1. The third kappa shape index (κ3) is 4.26. The third-order valence-electron chi connectivity index (χ3n) is 4.86. The number of anilines is 2. The van der Waals surface area contributed by atoms with Gasteiger partial charge in [-0.1, -0.05) is 23.5 Å². The van der Waals surface area contributed by atoms with Crippen LogP contribution >= 0.6 is 11.3 Å². The number of nitrogens with one attached hydrogen (secondary N) is 1. The monoisotopic (exact) mass is 421 g/mol. The molecule has 152 valence electrons. The normalized spacial score (nSPS) is 15.5. The van der Waals surface area contributed by atoms with Crippen LogP contribution in [0.5, 0.6) is 0 Å². The molecule has 1 saturated heterocycles. The molecular weight excluding hydrogens is 403 g/mol. The second-order valence-corrected chi connectivity index (χ2v) is 7.69. The molecule has 1 aliphatic heterocycles. The summed E-state index contributed by atoms with van der Waals surface area (Å²) < 4.78 is 41.2. The molecule has 0 bridgehead atoms. The predicted octanol–water partition coefficient (Wildman–Crippen LogP) is 4.20. The van der Waals surface area contributed by atoms with Gasteiger partial charge in [0, 0.05) is 31.4 Å². The lowest BCUT2D eigenvalue weighted by Gasteiger charge is -2.30. The Balaban J connectivity index is 1.37. The van der Waals surface area contributed by atoms with Crippen LogP contribution in [0.4, 0.5) is 24.0 Å². The van der Waals surface area contributed by atoms with Crippen LogP contribution in [0.3, 0.4) is 0 Å². The first kappa shape index (κ1) is 19.4. The highest BCUT2D eigenvalue weighted by molar-refractivity contribution is 7.17. The number of para-hydroxylation sites is 1. The summed E-state index contributed by atoms with van der Waals surface area (Å²) in [4.78, 5) is 14.6. The van der Waals surface area contributed by atoms with E-state index in [-0.39, 0.29) is 17.5 Å². The minimum Gasteiger partial charge on any atom is -0.347 e. The zero-order valence-corrected chi connectivity index (χ0v) is 16.1. The lowest BCUT2D eigenvalue weighted by atomic mass is 9.96. The van der Waals surface area contributed by atoms with Crippen LogP contribution in [0, 0.1) is 5.92 Å². The summed E-state index contributed by atoms with van der Waals surface area (Å²) >= 11 is 1.46. The van der Waals surface area contributed by atoms with Gasteiger partial charge in [0.15, 0.2) is 0 Å². The van der Waals surface area contributed by atoms with Gasteiger partial charge in [-0.25, -0.2) is 0 Å². The smallest absolute Gasteiger partial charge is 0.347 e. The number of aromatic nitrogens is 3. The molecule has 1 fully saturated rings. The highest BCUT2D eigenvalue weighted by Gasteiger charge is 2.34. The number of hydrogen-bond acceptors (Lipinski definition) is 5. The molecule has 0 atom stereocenters. The standard InChI is InChI=1S/C19H18F3N5OS/c20-19(21,22)14-5-1-2-6-15(14)23-16(28)13-7-11-27(12-8-13)18-25-24-17(29-18)26-9-3-4-10-26/h1-6,9-10,13H,7-8,11-12H2,(H,23,28). The summed E-state index contributed by atoms with van der Waals surface area (Å²) in [6.07, 6.45) is 0.346. The van der Waals surface area contributed by atoms with Crippen LogP contribution < -0.4 is 10.2 Å². The number of carbonyl (C=O) groups excluding carboxylic acids is 1. The van der Waals surface area contributed by atoms with Crippen molar-refractivity contribution >= 4 is 28.1 Å². The van der Waals surface area contributed by atoms with Gasteiger partial charge < -0.3 is 10.2 Å². The van der Waals surface area contributed by atoms with Crippen LogP contribution in [0.1, 0.15) is 18.4 Å². The van der Waals surface area contributed by atoms with Crippen molar-refractivity contribution in [1.82, 2.24) is 14.8 Å². The topological polar surface area (TPSA) is 63.1 Å². The number of hydrogen-bond donors (Lipinski definition) is 1. The summed E-state index contributed by atoms with van der Waals surface area (Å²) in [5.74, 6) is -0.726. The molecule has 0 aliphatic carbocycles. The van der Waals surface area contributed by atoms with Crippen LogP contribution in [0.15, 0.2) is 48.8 Å². The number of halogens is 3. The minimum absolute atomic E-state index is 0.201. The molecule has 6 nitrogen and oxygen atoms in total. The lowest BCUT2D eigenvalue weighted by molar-refractivity contribution is -0.137. The van der Waals surface area contributed by atoms with Gasteiger partial charge in [0.1, 0.15) is 0 Å². The molecule has 10 heteroatoms. The number of carbonyl (C=O) groups is 1. The van der Waals surface area contributed by atoms with E-state index in [2.05, 4.69) is 20.4 Å². The Bertz CT molecular complexity index is 978. The molecule has 1 aliphatic rings. The first-order valence-electron chi connectivity index (χ1n) is 9.11. The quantitative estimate of drug-likeness (QED) is 0.686. The fraction of sp³-hybridized carbons (Fsp3) is 0.316. The van der Waals surface area contributed by atoms with Crippen LogP contribution in [0.25, 0.3) is 5.13 Å². The van der Waals surface area contributed by atoms with Gasteiger partial charge in [-0.05, 0) is 37.1 Å². The zero-order chi connectivity index (χ0) is 20.4. The van der Waals surface area contributed by atoms with Crippen molar-refractivity contribution in [3.63, 3.8) is 0 Å². The molecule has 1 aromatic carbocycles. The second kappa shape index (κ2) is 7.86. The van der Waals surface area contributed by atoms with Gasteiger partial charge in [-0.3, -0.25) is 9.36 Å². The summed E-state index contributed by atoms with van der Waals surface area (Å²) in [5, 5.41) is 12.4. The van der Waals surface area contributed by atoms with Crippen molar-refractivity contribution in [2.24, 2.45) is 5.92 Å². The van der Waals surface area contributed by atoms with Crippen molar-refractivity contribution in [2.75, 3.05) is 23.3 Å². The van der Waals surface area contributed by atoms with Crippen LogP contribution in [0.2, 0.25) is 0 Å². The van der Waals surface area contributed by atoms with Crippen LogP contribution in [-0.4, -0.2) is 33.8 Å². The molecule has 3 heterocycles. The van der Waals surface area contributed by atoms with Crippen molar-refractivity contribution < 1.29 is 18.0 Å². The van der Waals surface area contributed by atoms with Crippen molar-refractivity contribution in [3.8, 4) is 5.13 Å². The average Bonchev–Trinajstić information content (AvgIpc) is 3.39. The number of rotatable bonds is 4. The third-order valence-corrected chi connectivity index (χ3v) is 5.85. The summed E-state index contributed by atoms with van der Waals surface area (Å²) in [5.41, 5.74) is -1.04. The Morgan fingerprint density at radius 3 is 2.38 bits per heavy atom. The molecule has 4 rings (SSSR count). The van der Waals surface area contributed by atoms with E-state index in [1.54, 1.807) is 0 Å². The van der Waals surface area contributed by atoms with E-state index in [1.165, 1.54) is 29.5 Å². The summed E-state index contributed by atoms with van der Waals surface area (Å²) in [7, 11) is 0. The largest absolute Gasteiger partial charge is 0.418 e. The molecule has 1 N–H and O–H groups in total. The number of alkyl halides is 3. The summed E-state index contributed by atoms with van der Waals surface area (Å²) in [6.45, 7) is 1.19. The minimum atomic E-state index is -4.51. The van der Waals surface area contributed by atoms with Gasteiger partial charge in [-0.15, -0.1) is 10.2 Å². The molecule has 3 aromatic rings. The zero-order valence-electron chi connectivity index (χ0n) is 15.3. The highest BCUT2D eigenvalue weighted by Crippen LogP contribution is 2.35. The molecule has 1 amide bonds. The Kier molecular flexibility index (Phi) is 5.27. The van der Waals surface area contributed by atoms with Gasteiger partial charge in [0.2, 0.25) is 16.2 Å².